The zero-order valence-corrected chi connectivity index (χ0v) is 18.3. The molecule has 0 fully saturated rings. The van der Waals surface area contributed by atoms with Crippen LogP contribution in [0.3, 0.4) is 0 Å². The molecule has 2 heterocycles. The largest absolute Gasteiger partial charge is 0.444 e. The van der Waals surface area contributed by atoms with E-state index in [1.807, 2.05) is 0 Å². The molecule has 0 unspecified atom stereocenters. The van der Waals surface area contributed by atoms with Crippen LogP contribution >= 0.6 is 11.6 Å². The molecule has 0 aliphatic carbocycles. The van der Waals surface area contributed by atoms with Gasteiger partial charge in [0.2, 0.25) is 10.0 Å². The highest BCUT2D eigenvalue weighted by molar-refractivity contribution is 7.92. The van der Waals surface area contributed by atoms with Gasteiger partial charge in [-0.15, -0.1) is 5.10 Å². The Morgan fingerprint density at radius 1 is 1.29 bits per heavy atom. The predicted molar refractivity (Wildman–Crippen MR) is 113 cm³/mol. The average molecular weight is 469 g/mol. The normalized spacial score (nSPS) is 11.3. The van der Waals surface area contributed by atoms with Gasteiger partial charge in [0, 0.05) is 17.6 Å². The Kier molecular flexibility index (Phi) is 6.41. The summed E-state index contributed by atoms with van der Waals surface area (Å²) >= 11 is 5.97. The molecule has 0 spiro atoms. The third kappa shape index (κ3) is 5.67. The number of carbonyl (C=O) groups excluding carboxylic acids is 1. The minimum absolute atomic E-state index is 0.200. The topological polar surface area (TPSA) is 128 Å². The van der Waals surface area contributed by atoms with Gasteiger partial charge in [0.15, 0.2) is 11.5 Å². The Morgan fingerprint density at radius 2 is 2.03 bits per heavy atom. The van der Waals surface area contributed by atoms with Crippen molar-refractivity contribution in [1.82, 2.24) is 20.0 Å². The first-order valence-corrected chi connectivity index (χ1v) is 11.0. The lowest BCUT2D eigenvalue weighted by Gasteiger charge is -2.10. The molecule has 164 valence electrons. The molecular formula is C18H18ClFN6O4S. The molecule has 10 nitrogen and oxygen atoms in total. The van der Waals surface area contributed by atoms with E-state index >= 15 is 0 Å². The lowest BCUT2D eigenvalue weighted by molar-refractivity contribution is 0.155. The first-order chi connectivity index (χ1) is 14.5. The molecule has 0 aliphatic heterocycles. The summed E-state index contributed by atoms with van der Waals surface area (Å²) in [5.41, 5.74) is 1.63. The van der Waals surface area contributed by atoms with Gasteiger partial charge in [-0.3, -0.25) is 10.0 Å². The number of aromatic nitrogens is 4. The maximum absolute atomic E-state index is 13.3. The van der Waals surface area contributed by atoms with Crippen molar-refractivity contribution in [2.24, 2.45) is 7.05 Å². The molecule has 0 saturated heterocycles. The van der Waals surface area contributed by atoms with E-state index < -0.39 is 21.9 Å². The molecule has 13 heteroatoms. The van der Waals surface area contributed by atoms with E-state index in [9.17, 15) is 17.6 Å². The van der Waals surface area contributed by atoms with Crippen molar-refractivity contribution in [2.75, 3.05) is 16.3 Å². The molecule has 0 aliphatic rings. The third-order valence-electron chi connectivity index (χ3n) is 4.04. The molecule has 31 heavy (non-hydrogen) atoms. The van der Waals surface area contributed by atoms with Crippen LogP contribution < -0.4 is 10.0 Å². The van der Waals surface area contributed by atoms with Gasteiger partial charge in [-0.25, -0.2) is 27.3 Å². The van der Waals surface area contributed by atoms with Gasteiger partial charge in [0.05, 0.1) is 23.3 Å². The summed E-state index contributed by atoms with van der Waals surface area (Å²) in [7, 11) is -1.90. The number of halogens is 2. The first kappa shape index (κ1) is 22.4. The number of aryl methyl sites for hydroxylation is 2. The first-order valence-electron chi connectivity index (χ1n) is 8.76. The van der Waals surface area contributed by atoms with E-state index in [2.05, 4.69) is 25.3 Å². The van der Waals surface area contributed by atoms with E-state index in [4.69, 9.17) is 16.3 Å². The van der Waals surface area contributed by atoms with Crippen molar-refractivity contribution >= 4 is 39.2 Å². The summed E-state index contributed by atoms with van der Waals surface area (Å²) in [6.45, 7) is 1.38. The van der Waals surface area contributed by atoms with Crippen molar-refractivity contribution < 1.29 is 22.3 Å². The zero-order chi connectivity index (χ0) is 22.8. The number of carbonyl (C=O) groups is 1. The number of pyridine rings is 1. The summed E-state index contributed by atoms with van der Waals surface area (Å²) in [5, 5.41) is 10.7. The van der Waals surface area contributed by atoms with Gasteiger partial charge in [-0.05, 0) is 37.3 Å². The van der Waals surface area contributed by atoms with Crippen molar-refractivity contribution in [3.05, 3.63) is 52.4 Å². The summed E-state index contributed by atoms with van der Waals surface area (Å²) in [5.74, 6) is -0.303. The van der Waals surface area contributed by atoms with Crippen LogP contribution in [0, 0.1) is 12.7 Å². The number of ether oxygens (including phenoxy) is 1. The Labute approximate surface area is 182 Å². The lowest BCUT2D eigenvalue weighted by atomic mass is 10.2. The van der Waals surface area contributed by atoms with Crippen molar-refractivity contribution in [2.45, 2.75) is 13.5 Å². The highest BCUT2D eigenvalue weighted by Gasteiger charge is 2.19. The predicted octanol–water partition coefficient (Wildman–Crippen LogP) is 3.10. The smallest absolute Gasteiger partial charge is 0.413 e. The third-order valence-corrected chi connectivity index (χ3v) is 5.00. The van der Waals surface area contributed by atoms with E-state index in [1.165, 1.54) is 35.0 Å². The van der Waals surface area contributed by atoms with E-state index in [-0.39, 0.29) is 23.1 Å². The second-order valence-electron chi connectivity index (χ2n) is 6.55. The highest BCUT2D eigenvalue weighted by atomic mass is 35.5. The van der Waals surface area contributed by atoms with Crippen LogP contribution in [0.2, 0.25) is 5.02 Å². The maximum Gasteiger partial charge on any atom is 0.413 e. The second kappa shape index (κ2) is 8.86. The fourth-order valence-electron chi connectivity index (χ4n) is 2.60. The Morgan fingerprint density at radius 3 is 2.71 bits per heavy atom. The number of hydrogen-bond acceptors (Lipinski definition) is 7. The van der Waals surface area contributed by atoms with Crippen LogP contribution in [0.5, 0.6) is 0 Å². The molecular weight excluding hydrogens is 451 g/mol. The Balaban J connectivity index is 1.77. The van der Waals surface area contributed by atoms with Crippen molar-refractivity contribution in [3.8, 4) is 11.4 Å². The molecule has 1 aromatic carbocycles. The van der Waals surface area contributed by atoms with Crippen molar-refractivity contribution in [3.63, 3.8) is 0 Å². The molecule has 0 atom stereocenters. The summed E-state index contributed by atoms with van der Waals surface area (Å²) < 4.78 is 45.0. The van der Waals surface area contributed by atoms with Crippen LogP contribution in [-0.4, -0.2) is 40.7 Å². The number of rotatable bonds is 6. The zero-order valence-electron chi connectivity index (χ0n) is 16.7. The lowest BCUT2D eigenvalue weighted by Crippen LogP contribution is -2.16. The van der Waals surface area contributed by atoms with Crippen LogP contribution in [0.1, 0.15) is 11.3 Å². The maximum atomic E-state index is 13.3. The fraction of sp³-hybridized carbons (Fsp3) is 0.222. The molecule has 2 aromatic heterocycles. The number of amides is 1. The van der Waals surface area contributed by atoms with Crippen molar-refractivity contribution in [1.29, 1.82) is 0 Å². The second-order valence-corrected chi connectivity index (χ2v) is 8.71. The van der Waals surface area contributed by atoms with E-state index in [0.717, 1.165) is 6.26 Å². The van der Waals surface area contributed by atoms with Gasteiger partial charge in [-0.2, -0.15) is 0 Å². The number of anilines is 2. The van der Waals surface area contributed by atoms with E-state index in [0.29, 0.717) is 22.6 Å². The highest BCUT2D eigenvalue weighted by Crippen LogP contribution is 2.26. The van der Waals surface area contributed by atoms with Crippen LogP contribution in [0.4, 0.5) is 20.7 Å². The van der Waals surface area contributed by atoms with Crippen LogP contribution in [0.25, 0.3) is 11.4 Å². The summed E-state index contributed by atoms with van der Waals surface area (Å²) in [6, 6.07) is 6.80. The molecule has 3 aromatic rings. The quantitative estimate of drug-likeness (QED) is 0.568. The Bertz CT molecular complexity index is 1250. The number of benzene rings is 1. The minimum Gasteiger partial charge on any atom is -0.444 e. The fourth-order valence-corrected chi connectivity index (χ4v) is 3.39. The summed E-state index contributed by atoms with van der Waals surface area (Å²) in [6.07, 6.45) is 0.201. The van der Waals surface area contributed by atoms with Gasteiger partial charge in [0.1, 0.15) is 12.4 Å². The van der Waals surface area contributed by atoms with Gasteiger partial charge >= 0.3 is 6.09 Å². The van der Waals surface area contributed by atoms with Gasteiger partial charge in [0.25, 0.3) is 0 Å². The molecule has 3 rings (SSSR count). The van der Waals surface area contributed by atoms with Crippen LogP contribution in [-0.2, 0) is 28.4 Å². The number of sulfonamides is 1. The molecule has 0 bridgehead atoms. The van der Waals surface area contributed by atoms with Crippen LogP contribution in [0.15, 0.2) is 30.3 Å². The van der Waals surface area contributed by atoms with Gasteiger partial charge < -0.3 is 4.74 Å². The SMILES string of the molecule is Cc1nc(-c2nnn(C)c2NC(=O)OCc2cc(F)ccc2Cl)ccc1NS(C)(=O)=O. The van der Waals surface area contributed by atoms with Gasteiger partial charge in [-0.1, -0.05) is 16.8 Å². The molecule has 0 radical (unpaired) electrons. The molecule has 0 saturated carbocycles. The standard InChI is InChI=1S/C18H18ClFN6O4S/c1-10-14(24-31(3,28)29)6-7-15(21-10)16-17(26(2)25-23-16)22-18(27)30-9-11-8-12(20)4-5-13(11)19/h4-8,24H,9H2,1-3H3,(H,22,27). The number of nitrogens with one attached hydrogen (secondary N) is 2. The monoisotopic (exact) mass is 468 g/mol. The average Bonchev–Trinajstić information content (AvgIpc) is 3.03. The van der Waals surface area contributed by atoms with E-state index in [1.54, 1.807) is 14.0 Å². The number of hydrogen-bond donors (Lipinski definition) is 2. The minimum atomic E-state index is -3.46. The Hall–Kier alpha value is -3.25. The molecule has 1 amide bonds. The molecule has 2 N–H and O–H groups in total. The number of nitrogens with zero attached hydrogens (tertiary/aromatic N) is 4. The summed E-state index contributed by atoms with van der Waals surface area (Å²) in [4.78, 5) is 16.6.